The summed E-state index contributed by atoms with van der Waals surface area (Å²) >= 11 is 6.79. The summed E-state index contributed by atoms with van der Waals surface area (Å²) in [6, 6.07) is 10.2. The van der Waals surface area contributed by atoms with E-state index >= 15 is 0 Å². The Bertz CT molecular complexity index is 1030. The number of amides is 1. The van der Waals surface area contributed by atoms with Crippen LogP contribution in [0, 0.1) is 0 Å². The zero-order valence-corrected chi connectivity index (χ0v) is 15.5. The highest BCUT2D eigenvalue weighted by atomic mass is 35.5. The quantitative estimate of drug-likeness (QED) is 0.535. The van der Waals surface area contributed by atoms with E-state index < -0.39 is 23.6 Å². The van der Waals surface area contributed by atoms with Crippen LogP contribution >= 0.6 is 22.9 Å². The van der Waals surface area contributed by atoms with Gasteiger partial charge in [-0.2, -0.15) is 13.2 Å². The van der Waals surface area contributed by atoms with Crippen molar-refractivity contribution in [3.05, 3.63) is 75.6 Å². The third-order valence-corrected chi connectivity index (χ3v) is 5.11. The van der Waals surface area contributed by atoms with E-state index in [0.29, 0.717) is 10.6 Å². The van der Waals surface area contributed by atoms with Crippen LogP contribution in [-0.4, -0.2) is 17.0 Å². The monoisotopic (exact) mass is 425 g/mol. The van der Waals surface area contributed by atoms with Gasteiger partial charge in [0.15, 0.2) is 0 Å². The van der Waals surface area contributed by atoms with Gasteiger partial charge in [0, 0.05) is 16.0 Å². The first-order valence-corrected chi connectivity index (χ1v) is 9.02. The molecule has 0 saturated carbocycles. The van der Waals surface area contributed by atoms with E-state index in [1.807, 2.05) is 0 Å². The molecule has 0 saturated heterocycles. The lowest BCUT2D eigenvalue weighted by Crippen LogP contribution is -2.13. The summed E-state index contributed by atoms with van der Waals surface area (Å²) in [7, 11) is 0. The number of carbonyl (C=O) groups is 2. The second-order valence-corrected chi connectivity index (χ2v) is 7.01. The van der Waals surface area contributed by atoms with Gasteiger partial charge in [0.05, 0.1) is 16.1 Å². The molecule has 2 N–H and O–H groups in total. The van der Waals surface area contributed by atoms with Crippen LogP contribution in [0.1, 0.15) is 26.3 Å². The van der Waals surface area contributed by atoms with Crippen LogP contribution in [0.3, 0.4) is 0 Å². The molecule has 0 bridgehead atoms. The summed E-state index contributed by atoms with van der Waals surface area (Å²) in [6.07, 6.45) is -4.48. The number of alkyl halides is 3. The highest BCUT2D eigenvalue weighted by molar-refractivity contribution is 7.14. The third kappa shape index (κ3) is 4.18. The smallest absolute Gasteiger partial charge is 0.416 e. The fraction of sp³-hybridized carbons (Fsp3) is 0.0526. The molecule has 1 amide bonds. The Balaban J connectivity index is 1.93. The van der Waals surface area contributed by atoms with Crippen molar-refractivity contribution in [2.24, 2.45) is 0 Å². The summed E-state index contributed by atoms with van der Waals surface area (Å²) in [4.78, 5) is 24.3. The van der Waals surface area contributed by atoms with Crippen LogP contribution in [0.15, 0.2) is 53.9 Å². The van der Waals surface area contributed by atoms with E-state index in [4.69, 9.17) is 11.6 Å². The van der Waals surface area contributed by atoms with E-state index in [0.717, 1.165) is 23.5 Å². The van der Waals surface area contributed by atoms with E-state index in [1.165, 1.54) is 41.8 Å². The second-order valence-electron chi connectivity index (χ2n) is 5.69. The number of hydrogen-bond acceptors (Lipinski definition) is 3. The van der Waals surface area contributed by atoms with Crippen molar-refractivity contribution >= 4 is 40.5 Å². The molecule has 0 aliphatic rings. The number of halogens is 4. The van der Waals surface area contributed by atoms with Gasteiger partial charge in [-0.25, -0.2) is 4.79 Å². The molecule has 144 valence electrons. The first-order valence-electron chi connectivity index (χ1n) is 7.76. The lowest BCUT2D eigenvalue weighted by atomic mass is 10.1. The number of carbonyl (C=O) groups excluding carboxylic acids is 1. The first kappa shape index (κ1) is 19.9. The van der Waals surface area contributed by atoms with Crippen molar-refractivity contribution in [2.75, 3.05) is 5.32 Å². The van der Waals surface area contributed by atoms with E-state index in [2.05, 4.69) is 5.32 Å². The Hall–Kier alpha value is -2.84. The number of aromatic carboxylic acids is 1. The van der Waals surface area contributed by atoms with Crippen LogP contribution in [0.5, 0.6) is 0 Å². The van der Waals surface area contributed by atoms with Crippen molar-refractivity contribution in [3.63, 3.8) is 0 Å². The molecule has 0 atom stereocenters. The van der Waals surface area contributed by atoms with Gasteiger partial charge in [0.1, 0.15) is 5.56 Å². The second kappa shape index (κ2) is 7.65. The number of rotatable bonds is 4. The van der Waals surface area contributed by atoms with Crippen molar-refractivity contribution < 1.29 is 27.9 Å². The molecule has 2 aromatic carbocycles. The van der Waals surface area contributed by atoms with Gasteiger partial charge in [0.2, 0.25) is 0 Å². The Morgan fingerprint density at radius 2 is 1.61 bits per heavy atom. The molecule has 0 spiro atoms. The minimum absolute atomic E-state index is 0.0624. The zero-order chi connectivity index (χ0) is 20.5. The predicted molar refractivity (Wildman–Crippen MR) is 101 cm³/mol. The Labute approximate surface area is 166 Å². The van der Waals surface area contributed by atoms with Crippen molar-refractivity contribution in [2.45, 2.75) is 6.18 Å². The van der Waals surface area contributed by atoms with Crippen LogP contribution in [0.25, 0.3) is 10.4 Å². The molecule has 0 aliphatic heterocycles. The fourth-order valence-corrected chi connectivity index (χ4v) is 3.61. The van der Waals surface area contributed by atoms with Crippen LogP contribution < -0.4 is 5.32 Å². The average Bonchev–Trinajstić information content (AvgIpc) is 3.05. The summed E-state index contributed by atoms with van der Waals surface area (Å²) < 4.78 is 38.1. The third-order valence-electron chi connectivity index (χ3n) is 3.83. The fourth-order valence-electron chi connectivity index (χ4n) is 2.48. The highest BCUT2D eigenvalue weighted by Crippen LogP contribution is 2.38. The zero-order valence-electron chi connectivity index (χ0n) is 13.9. The maximum absolute atomic E-state index is 12.7. The Kier molecular flexibility index (Phi) is 5.44. The molecule has 4 nitrogen and oxygen atoms in total. The number of carboxylic acid groups (broad SMARTS) is 1. The molecule has 1 heterocycles. The molecule has 28 heavy (non-hydrogen) atoms. The van der Waals surface area contributed by atoms with Crippen LogP contribution in [0.2, 0.25) is 5.02 Å². The molecule has 0 radical (unpaired) electrons. The van der Waals surface area contributed by atoms with Gasteiger partial charge < -0.3 is 10.4 Å². The average molecular weight is 426 g/mol. The normalized spacial score (nSPS) is 11.3. The van der Waals surface area contributed by atoms with E-state index in [1.54, 1.807) is 0 Å². The lowest BCUT2D eigenvalue weighted by molar-refractivity contribution is -0.137. The Morgan fingerprint density at radius 3 is 2.14 bits per heavy atom. The van der Waals surface area contributed by atoms with Gasteiger partial charge in [-0.05, 0) is 42.0 Å². The topological polar surface area (TPSA) is 66.4 Å². The number of nitrogens with one attached hydrogen (secondary N) is 1. The molecular weight excluding hydrogens is 415 g/mol. The molecule has 0 fully saturated rings. The van der Waals surface area contributed by atoms with Gasteiger partial charge in [-0.15, -0.1) is 11.3 Å². The summed E-state index contributed by atoms with van der Waals surface area (Å²) in [5.41, 5.74) is -0.370. The molecule has 0 aliphatic carbocycles. The molecule has 3 rings (SSSR count). The maximum Gasteiger partial charge on any atom is 0.416 e. The number of hydrogen-bond donors (Lipinski definition) is 2. The number of carboxylic acids is 1. The Morgan fingerprint density at radius 1 is 1.00 bits per heavy atom. The van der Waals surface area contributed by atoms with Gasteiger partial charge in [-0.3, -0.25) is 4.79 Å². The number of benzene rings is 2. The molecular formula is C19H11ClF3NO3S. The summed E-state index contributed by atoms with van der Waals surface area (Å²) in [5, 5.41) is 14.0. The first-order chi connectivity index (χ1) is 13.2. The van der Waals surface area contributed by atoms with Gasteiger partial charge in [0.25, 0.3) is 5.91 Å². The maximum atomic E-state index is 12.7. The standard InChI is InChI=1S/C19H11ClF3NO3S/c20-13-7-3-11(4-8-13)17(25)24-14-9-28-16(15(14)18(26)27)10-1-5-12(6-2-10)19(21,22)23/h1-9H,(H,24,25)(H,26,27). The summed E-state index contributed by atoms with van der Waals surface area (Å²) in [6.45, 7) is 0. The SMILES string of the molecule is O=C(Nc1csc(-c2ccc(C(F)(F)F)cc2)c1C(=O)O)c1ccc(Cl)cc1. The largest absolute Gasteiger partial charge is 0.478 e. The predicted octanol–water partition coefficient (Wildman–Crippen LogP) is 6.04. The van der Waals surface area contributed by atoms with Crippen LogP contribution in [0.4, 0.5) is 18.9 Å². The summed E-state index contributed by atoms with van der Waals surface area (Å²) in [5.74, 6) is -1.83. The van der Waals surface area contributed by atoms with Crippen molar-refractivity contribution in [1.82, 2.24) is 0 Å². The highest BCUT2D eigenvalue weighted by Gasteiger charge is 2.30. The lowest BCUT2D eigenvalue weighted by Gasteiger charge is -2.08. The number of anilines is 1. The van der Waals surface area contributed by atoms with E-state index in [-0.39, 0.29) is 21.7 Å². The van der Waals surface area contributed by atoms with Crippen molar-refractivity contribution in [3.8, 4) is 10.4 Å². The van der Waals surface area contributed by atoms with Crippen molar-refractivity contribution in [1.29, 1.82) is 0 Å². The number of thiophene rings is 1. The molecule has 9 heteroatoms. The molecule has 3 aromatic rings. The van der Waals surface area contributed by atoms with Crippen LogP contribution in [-0.2, 0) is 6.18 Å². The molecule has 0 unspecified atom stereocenters. The molecule has 1 aromatic heterocycles. The van der Waals surface area contributed by atoms with E-state index in [9.17, 15) is 27.9 Å². The minimum Gasteiger partial charge on any atom is -0.478 e. The minimum atomic E-state index is -4.48. The van der Waals surface area contributed by atoms with Gasteiger partial charge in [-0.1, -0.05) is 23.7 Å². The van der Waals surface area contributed by atoms with Gasteiger partial charge >= 0.3 is 12.1 Å².